The lowest BCUT2D eigenvalue weighted by Gasteiger charge is -2.14. The van der Waals surface area contributed by atoms with Crippen LogP contribution in [0.15, 0.2) is 18.2 Å². The number of rotatable bonds is 3. The summed E-state index contributed by atoms with van der Waals surface area (Å²) in [6.07, 6.45) is 3.33. The Morgan fingerprint density at radius 2 is 1.80 bits per heavy atom. The molecule has 106 valence electrons. The Morgan fingerprint density at radius 3 is 2.40 bits per heavy atom. The predicted octanol–water partition coefficient (Wildman–Crippen LogP) is 2.49. The van der Waals surface area contributed by atoms with Gasteiger partial charge in [0.15, 0.2) is 0 Å². The maximum absolute atomic E-state index is 6.26. The van der Waals surface area contributed by atoms with E-state index in [9.17, 15) is 0 Å². The number of nitrogens with two attached hydrogens (primary N) is 1. The minimum atomic E-state index is 0.731. The van der Waals surface area contributed by atoms with Crippen LogP contribution in [0.5, 0.6) is 11.5 Å². The summed E-state index contributed by atoms with van der Waals surface area (Å²) in [5, 5.41) is 0. The molecule has 2 N–H and O–H groups in total. The SMILES string of the molecule is COc1cc(OC)cc(-c2nc3n(c2N)CCCC3)c1. The average molecular weight is 273 g/mol. The van der Waals surface area contributed by atoms with Crippen molar-refractivity contribution in [2.75, 3.05) is 20.0 Å². The summed E-state index contributed by atoms with van der Waals surface area (Å²) in [6.45, 7) is 0.954. The fraction of sp³-hybridized carbons (Fsp3) is 0.400. The molecule has 0 fully saturated rings. The third-order valence-electron chi connectivity index (χ3n) is 3.74. The molecule has 1 aliphatic heterocycles. The molecule has 0 spiro atoms. The maximum atomic E-state index is 6.26. The van der Waals surface area contributed by atoms with Crippen LogP contribution in [0.4, 0.5) is 5.82 Å². The normalized spacial score (nSPS) is 13.9. The van der Waals surface area contributed by atoms with Crippen molar-refractivity contribution in [3.8, 4) is 22.8 Å². The number of benzene rings is 1. The van der Waals surface area contributed by atoms with E-state index in [0.29, 0.717) is 0 Å². The van der Waals surface area contributed by atoms with E-state index in [1.54, 1.807) is 14.2 Å². The fourth-order valence-electron chi connectivity index (χ4n) is 2.66. The van der Waals surface area contributed by atoms with E-state index in [0.717, 1.165) is 53.8 Å². The van der Waals surface area contributed by atoms with Crippen molar-refractivity contribution in [2.24, 2.45) is 0 Å². The number of ether oxygens (including phenoxy) is 2. The van der Waals surface area contributed by atoms with Crippen molar-refractivity contribution < 1.29 is 9.47 Å². The highest BCUT2D eigenvalue weighted by Crippen LogP contribution is 2.34. The lowest BCUT2D eigenvalue weighted by molar-refractivity contribution is 0.394. The van der Waals surface area contributed by atoms with Crippen LogP contribution in [0.1, 0.15) is 18.7 Å². The molecule has 1 aromatic heterocycles. The summed E-state index contributed by atoms with van der Waals surface area (Å²) in [5.41, 5.74) is 8.01. The highest BCUT2D eigenvalue weighted by molar-refractivity contribution is 5.73. The van der Waals surface area contributed by atoms with E-state index in [-0.39, 0.29) is 0 Å². The summed E-state index contributed by atoms with van der Waals surface area (Å²) < 4.78 is 12.7. The average Bonchev–Trinajstić information content (AvgIpc) is 2.84. The Bertz CT molecular complexity index is 612. The largest absolute Gasteiger partial charge is 0.497 e. The van der Waals surface area contributed by atoms with Crippen molar-refractivity contribution >= 4 is 5.82 Å². The number of nitrogen functional groups attached to an aromatic ring is 1. The number of hydrogen-bond donors (Lipinski definition) is 1. The molecule has 0 saturated heterocycles. The van der Waals surface area contributed by atoms with E-state index in [1.807, 2.05) is 18.2 Å². The maximum Gasteiger partial charge on any atom is 0.131 e. The molecule has 0 atom stereocenters. The monoisotopic (exact) mass is 273 g/mol. The number of hydrogen-bond acceptors (Lipinski definition) is 4. The standard InChI is InChI=1S/C15H19N3O2/c1-19-11-7-10(8-12(9-11)20-2)14-15(16)18-6-4-3-5-13(18)17-14/h7-9H,3-6,16H2,1-2H3. The van der Waals surface area contributed by atoms with E-state index in [2.05, 4.69) is 4.57 Å². The topological polar surface area (TPSA) is 62.3 Å². The van der Waals surface area contributed by atoms with Crippen molar-refractivity contribution in [3.05, 3.63) is 24.0 Å². The summed E-state index contributed by atoms with van der Waals surface area (Å²) in [5.74, 6) is 3.29. The summed E-state index contributed by atoms with van der Waals surface area (Å²) in [7, 11) is 3.28. The van der Waals surface area contributed by atoms with Crippen LogP contribution < -0.4 is 15.2 Å². The number of imidazole rings is 1. The first-order chi connectivity index (χ1) is 9.72. The van der Waals surface area contributed by atoms with Gasteiger partial charge in [0.25, 0.3) is 0 Å². The molecule has 5 nitrogen and oxygen atoms in total. The molecule has 0 bridgehead atoms. The molecule has 1 aliphatic rings. The Labute approximate surface area is 118 Å². The van der Waals surface area contributed by atoms with E-state index >= 15 is 0 Å². The molecular weight excluding hydrogens is 254 g/mol. The van der Waals surface area contributed by atoms with Gasteiger partial charge in [-0.1, -0.05) is 0 Å². The van der Waals surface area contributed by atoms with Crippen molar-refractivity contribution in [1.82, 2.24) is 9.55 Å². The van der Waals surface area contributed by atoms with Crippen LogP contribution in [0, 0.1) is 0 Å². The number of anilines is 1. The van der Waals surface area contributed by atoms with Gasteiger partial charge >= 0.3 is 0 Å². The Balaban J connectivity index is 2.11. The van der Waals surface area contributed by atoms with Crippen molar-refractivity contribution in [2.45, 2.75) is 25.8 Å². The van der Waals surface area contributed by atoms with Crippen LogP contribution in [0.3, 0.4) is 0 Å². The molecule has 5 heteroatoms. The molecule has 0 unspecified atom stereocenters. The van der Waals surface area contributed by atoms with Crippen LogP contribution in [0.25, 0.3) is 11.3 Å². The number of methoxy groups -OCH3 is 2. The van der Waals surface area contributed by atoms with Crippen LogP contribution in [-0.4, -0.2) is 23.8 Å². The third-order valence-corrected chi connectivity index (χ3v) is 3.74. The molecule has 0 amide bonds. The summed E-state index contributed by atoms with van der Waals surface area (Å²) in [4.78, 5) is 4.70. The van der Waals surface area contributed by atoms with Crippen LogP contribution >= 0.6 is 0 Å². The Kier molecular flexibility index (Phi) is 3.26. The van der Waals surface area contributed by atoms with Gasteiger partial charge in [-0.2, -0.15) is 0 Å². The van der Waals surface area contributed by atoms with Gasteiger partial charge in [0.05, 0.1) is 14.2 Å². The summed E-state index contributed by atoms with van der Waals surface area (Å²) in [6, 6.07) is 5.72. The first-order valence-corrected chi connectivity index (χ1v) is 6.81. The first-order valence-electron chi connectivity index (χ1n) is 6.81. The number of nitrogens with zero attached hydrogens (tertiary/aromatic N) is 2. The molecule has 2 heterocycles. The molecular formula is C15H19N3O2. The van der Waals surface area contributed by atoms with E-state index in [1.165, 1.54) is 6.42 Å². The fourth-order valence-corrected chi connectivity index (χ4v) is 2.66. The number of aromatic nitrogens is 2. The van der Waals surface area contributed by atoms with Gasteiger partial charge in [0.2, 0.25) is 0 Å². The van der Waals surface area contributed by atoms with Gasteiger partial charge in [0, 0.05) is 24.6 Å². The van der Waals surface area contributed by atoms with Gasteiger partial charge in [-0.25, -0.2) is 4.98 Å². The predicted molar refractivity (Wildman–Crippen MR) is 78.1 cm³/mol. The molecule has 2 aromatic rings. The molecule has 0 aliphatic carbocycles. The zero-order valence-electron chi connectivity index (χ0n) is 11.8. The first kappa shape index (κ1) is 12.8. The van der Waals surface area contributed by atoms with Gasteiger partial charge in [-0.3, -0.25) is 0 Å². The molecule has 1 aromatic carbocycles. The van der Waals surface area contributed by atoms with Crippen LogP contribution in [-0.2, 0) is 13.0 Å². The van der Waals surface area contributed by atoms with Gasteiger partial charge < -0.3 is 19.8 Å². The Morgan fingerprint density at radius 1 is 1.10 bits per heavy atom. The highest BCUT2D eigenvalue weighted by Gasteiger charge is 2.19. The second kappa shape index (κ2) is 5.07. The summed E-state index contributed by atoms with van der Waals surface area (Å²) >= 11 is 0. The molecule has 0 saturated carbocycles. The second-order valence-electron chi connectivity index (χ2n) is 4.97. The molecule has 0 radical (unpaired) electrons. The van der Waals surface area contributed by atoms with Crippen molar-refractivity contribution in [3.63, 3.8) is 0 Å². The highest BCUT2D eigenvalue weighted by atomic mass is 16.5. The van der Waals surface area contributed by atoms with Crippen LogP contribution in [0.2, 0.25) is 0 Å². The van der Waals surface area contributed by atoms with Gasteiger partial charge in [-0.15, -0.1) is 0 Å². The smallest absolute Gasteiger partial charge is 0.131 e. The van der Waals surface area contributed by atoms with E-state index in [4.69, 9.17) is 20.2 Å². The molecule has 3 rings (SSSR count). The molecule has 20 heavy (non-hydrogen) atoms. The second-order valence-corrected chi connectivity index (χ2v) is 4.97. The number of fused-ring (bicyclic) bond motifs is 1. The van der Waals surface area contributed by atoms with E-state index < -0.39 is 0 Å². The van der Waals surface area contributed by atoms with Crippen molar-refractivity contribution in [1.29, 1.82) is 0 Å². The minimum Gasteiger partial charge on any atom is -0.497 e. The Hall–Kier alpha value is -2.17. The number of aryl methyl sites for hydroxylation is 1. The lowest BCUT2D eigenvalue weighted by Crippen LogP contribution is -2.12. The zero-order valence-corrected chi connectivity index (χ0v) is 11.8. The van der Waals surface area contributed by atoms with Gasteiger partial charge in [-0.05, 0) is 25.0 Å². The minimum absolute atomic E-state index is 0.731. The lowest BCUT2D eigenvalue weighted by atomic mass is 10.1. The quantitative estimate of drug-likeness (QED) is 0.933. The third kappa shape index (κ3) is 2.09. The zero-order chi connectivity index (χ0) is 14.1. The van der Waals surface area contributed by atoms with Gasteiger partial charge in [0.1, 0.15) is 28.8 Å².